The van der Waals surface area contributed by atoms with Gasteiger partial charge in [0.05, 0.1) is 22.8 Å². The number of carbonyl (C=O) groups excluding carboxylic acids is 1. The van der Waals surface area contributed by atoms with Gasteiger partial charge in [0.15, 0.2) is 0 Å². The van der Waals surface area contributed by atoms with Crippen molar-refractivity contribution in [3.05, 3.63) is 29.3 Å². The smallest absolute Gasteiger partial charge is 0.231 e. The molecule has 6 nitrogen and oxygen atoms in total. The summed E-state index contributed by atoms with van der Waals surface area (Å²) < 4.78 is 0. The molecule has 0 spiro atoms. The molecule has 3 fully saturated rings. The van der Waals surface area contributed by atoms with Crippen LogP contribution in [0.15, 0.2) is 18.2 Å². The van der Waals surface area contributed by atoms with Gasteiger partial charge >= 0.3 is 0 Å². The molecule has 3 aliphatic rings. The van der Waals surface area contributed by atoms with Crippen LogP contribution in [0.2, 0.25) is 0 Å². The van der Waals surface area contributed by atoms with Crippen LogP contribution in [0, 0.1) is 17.2 Å². The Morgan fingerprint density at radius 2 is 1.93 bits per heavy atom. The summed E-state index contributed by atoms with van der Waals surface area (Å²) in [6.07, 6.45) is 7.64. The molecule has 3 atom stereocenters. The van der Waals surface area contributed by atoms with E-state index in [0.717, 1.165) is 62.6 Å². The van der Waals surface area contributed by atoms with Gasteiger partial charge < -0.3 is 20.8 Å². The Balaban J connectivity index is 1.69. The van der Waals surface area contributed by atoms with Crippen LogP contribution in [-0.2, 0) is 10.2 Å². The van der Waals surface area contributed by atoms with Crippen molar-refractivity contribution in [3.63, 3.8) is 0 Å². The van der Waals surface area contributed by atoms with Crippen molar-refractivity contribution in [2.45, 2.75) is 81.4 Å². The number of nitriles is 1. The summed E-state index contributed by atoms with van der Waals surface area (Å²) in [7, 11) is 0. The van der Waals surface area contributed by atoms with Gasteiger partial charge in [-0.15, -0.1) is 0 Å². The maximum absolute atomic E-state index is 13.2. The van der Waals surface area contributed by atoms with E-state index in [-0.39, 0.29) is 36.6 Å². The average Bonchev–Trinajstić information content (AvgIpc) is 3.02. The van der Waals surface area contributed by atoms with Crippen molar-refractivity contribution in [2.75, 3.05) is 11.9 Å². The monoisotopic (exact) mass is 397 g/mol. The number of nitrogens with zero attached hydrogens (tertiary/aromatic N) is 1. The second kappa shape index (κ2) is 8.33. The number of aliphatic hydroxyl groups is 2. The Hall–Kier alpha value is -2.10. The number of amides is 1. The topological polar surface area (TPSA) is 105 Å². The molecule has 3 unspecified atom stereocenters. The molecule has 1 amide bonds. The van der Waals surface area contributed by atoms with Gasteiger partial charge in [-0.25, -0.2) is 0 Å². The largest absolute Gasteiger partial charge is 0.396 e. The van der Waals surface area contributed by atoms with Crippen LogP contribution in [0.3, 0.4) is 0 Å². The fourth-order valence-corrected chi connectivity index (χ4v) is 5.80. The van der Waals surface area contributed by atoms with E-state index in [4.69, 9.17) is 0 Å². The number of hydrogen-bond donors (Lipinski definition) is 4. The molecular formula is C23H31N3O3. The lowest BCUT2D eigenvalue weighted by Gasteiger charge is -2.37. The molecule has 29 heavy (non-hydrogen) atoms. The van der Waals surface area contributed by atoms with E-state index < -0.39 is 5.41 Å². The number of benzene rings is 1. The lowest BCUT2D eigenvalue weighted by atomic mass is 9.64. The molecule has 0 aromatic heterocycles. The molecule has 4 N–H and O–H groups in total. The van der Waals surface area contributed by atoms with Crippen molar-refractivity contribution >= 4 is 11.6 Å². The highest BCUT2D eigenvalue weighted by Crippen LogP contribution is 2.48. The standard InChI is InChI=1S/C23H31N3O3/c24-14-15-5-6-16(13-21(15)25-17-7-9-18(28)10-8-17)23(11-12-27)19-3-1-2-4-20(19)26-22(23)29/h5-6,13,17-20,25,27-28H,1-4,7-12H2,(H,26,29). The number of hydrogen-bond acceptors (Lipinski definition) is 5. The zero-order valence-corrected chi connectivity index (χ0v) is 16.9. The van der Waals surface area contributed by atoms with Gasteiger partial charge in [-0.2, -0.15) is 5.26 Å². The first-order chi connectivity index (χ1) is 14.1. The quantitative estimate of drug-likeness (QED) is 0.611. The predicted octanol–water partition coefficient (Wildman–Crippen LogP) is 2.58. The van der Waals surface area contributed by atoms with Crippen LogP contribution in [0.4, 0.5) is 5.69 Å². The van der Waals surface area contributed by atoms with Crippen LogP contribution in [0.5, 0.6) is 0 Å². The van der Waals surface area contributed by atoms with E-state index in [1.54, 1.807) is 6.07 Å². The van der Waals surface area contributed by atoms with Crippen LogP contribution in [0.25, 0.3) is 0 Å². The van der Waals surface area contributed by atoms with E-state index in [9.17, 15) is 20.3 Å². The summed E-state index contributed by atoms with van der Waals surface area (Å²) in [5, 5.41) is 35.9. The number of nitrogens with one attached hydrogen (secondary N) is 2. The first kappa shape index (κ1) is 20.2. The minimum absolute atomic E-state index is 0.0138. The number of fused-ring (bicyclic) bond motifs is 1. The van der Waals surface area contributed by atoms with Gasteiger partial charge in [-0.1, -0.05) is 18.9 Å². The molecule has 4 rings (SSSR count). The van der Waals surface area contributed by atoms with Crippen LogP contribution in [-0.4, -0.2) is 40.9 Å². The van der Waals surface area contributed by atoms with Crippen LogP contribution in [0.1, 0.15) is 68.9 Å². The molecule has 156 valence electrons. The van der Waals surface area contributed by atoms with E-state index in [0.29, 0.717) is 12.0 Å². The second-order valence-electron chi connectivity index (χ2n) is 8.94. The zero-order valence-electron chi connectivity index (χ0n) is 16.9. The van der Waals surface area contributed by atoms with Gasteiger partial charge in [-0.3, -0.25) is 4.79 Å². The molecule has 1 aromatic rings. The van der Waals surface area contributed by atoms with E-state index in [2.05, 4.69) is 16.7 Å². The maximum atomic E-state index is 13.2. The Kier molecular flexibility index (Phi) is 5.80. The molecule has 2 saturated carbocycles. The van der Waals surface area contributed by atoms with Crippen molar-refractivity contribution in [3.8, 4) is 6.07 Å². The minimum atomic E-state index is -0.729. The van der Waals surface area contributed by atoms with E-state index in [1.807, 2.05) is 12.1 Å². The molecular weight excluding hydrogens is 366 g/mol. The van der Waals surface area contributed by atoms with Crippen LogP contribution < -0.4 is 10.6 Å². The lowest BCUT2D eigenvalue weighted by Crippen LogP contribution is -2.41. The van der Waals surface area contributed by atoms with E-state index in [1.165, 1.54) is 0 Å². The van der Waals surface area contributed by atoms with Crippen LogP contribution >= 0.6 is 0 Å². The van der Waals surface area contributed by atoms with Crippen molar-refractivity contribution < 1.29 is 15.0 Å². The second-order valence-corrected chi connectivity index (χ2v) is 8.94. The fraction of sp³-hybridized carbons (Fsp3) is 0.652. The van der Waals surface area contributed by atoms with E-state index >= 15 is 0 Å². The van der Waals surface area contributed by atoms with Gasteiger partial charge in [0.25, 0.3) is 0 Å². The number of aliphatic hydroxyl groups excluding tert-OH is 2. The molecule has 1 aliphatic heterocycles. The first-order valence-electron chi connectivity index (χ1n) is 11.0. The molecule has 0 radical (unpaired) electrons. The predicted molar refractivity (Wildman–Crippen MR) is 110 cm³/mol. The highest BCUT2D eigenvalue weighted by atomic mass is 16.3. The summed E-state index contributed by atoms with van der Waals surface area (Å²) in [6, 6.07) is 8.33. The van der Waals surface area contributed by atoms with Gasteiger partial charge in [-0.05, 0) is 68.6 Å². The highest BCUT2D eigenvalue weighted by Gasteiger charge is 2.55. The van der Waals surface area contributed by atoms with Crippen molar-refractivity contribution in [2.24, 2.45) is 5.92 Å². The molecule has 2 aliphatic carbocycles. The average molecular weight is 398 g/mol. The molecule has 1 saturated heterocycles. The maximum Gasteiger partial charge on any atom is 0.231 e. The number of anilines is 1. The number of carbonyl (C=O) groups is 1. The Morgan fingerprint density at radius 1 is 1.17 bits per heavy atom. The van der Waals surface area contributed by atoms with Crippen molar-refractivity contribution in [1.82, 2.24) is 5.32 Å². The highest BCUT2D eigenvalue weighted by molar-refractivity contribution is 5.92. The Bertz CT molecular complexity index is 797. The third-order valence-corrected chi connectivity index (χ3v) is 7.34. The van der Waals surface area contributed by atoms with Crippen molar-refractivity contribution in [1.29, 1.82) is 5.26 Å². The number of rotatable bonds is 5. The van der Waals surface area contributed by atoms with Gasteiger partial charge in [0.2, 0.25) is 5.91 Å². The normalized spacial score (nSPS) is 34.2. The summed E-state index contributed by atoms with van der Waals surface area (Å²) in [4.78, 5) is 13.2. The zero-order chi connectivity index (χ0) is 20.4. The van der Waals surface area contributed by atoms with Gasteiger partial charge in [0.1, 0.15) is 6.07 Å². The summed E-state index contributed by atoms with van der Waals surface area (Å²) in [5.41, 5.74) is 1.50. The molecule has 0 bridgehead atoms. The third-order valence-electron chi connectivity index (χ3n) is 7.34. The SMILES string of the molecule is N#Cc1ccc(C2(CCO)C(=O)NC3CCCCC32)cc1NC1CCC(O)CC1. The molecule has 1 heterocycles. The third kappa shape index (κ3) is 3.62. The Labute approximate surface area is 172 Å². The van der Waals surface area contributed by atoms with Gasteiger partial charge in [0, 0.05) is 18.7 Å². The molecule has 6 heteroatoms. The minimum Gasteiger partial charge on any atom is -0.396 e. The summed E-state index contributed by atoms with van der Waals surface area (Å²) >= 11 is 0. The summed E-state index contributed by atoms with van der Waals surface area (Å²) in [6.45, 7) is -0.0417. The fourth-order valence-electron chi connectivity index (χ4n) is 5.80. The Morgan fingerprint density at radius 3 is 2.66 bits per heavy atom. The summed E-state index contributed by atoms with van der Waals surface area (Å²) in [5.74, 6) is 0.196. The molecule has 1 aromatic carbocycles. The first-order valence-corrected chi connectivity index (χ1v) is 11.0. The lowest BCUT2D eigenvalue weighted by molar-refractivity contribution is -0.125.